The van der Waals surface area contributed by atoms with Crippen LogP contribution in [0, 0.1) is 0 Å². The third kappa shape index (κ3) is 5.02. The zero-order valence-corrected chi connectivity index (χ0v) is 37.2. The third-order valence-corrected chi connectivity index (χ3v) is 15.3. The molecule has 0 N–H and O–H groups in total. The summed E-state index contributed by atoms with van der Waals surface area (Å²) in [4.78, 5) is 2.53. The number of rotatable bonds is 5. The van der Waals surface area contributed by atoms with Crippen LogP contribution in [0.5, 0.6) is 0 Å². The van der Waals surface area contributed by atoms with Crippen LogP contribution in [0.3, 0.4) is 0 Å². The van der Waals surface area contributed by atoms with Gasteiger partial charge in [0, 0.05) is 44.2 Å². The Labute approximate surface area is 394 Å². The normalized spacial score (nSPS) is 13.8. The molecule has 12 aromatic rings. The lowest BCUT2D eigenvalue weighted by Gasteiger charge is -2.33. The summed E-state index contributed by atoms with van der Waals surface area (Å²) in [6.07, 6.45) is 6.63. The van der Waals surface area contributed by atoms with Gasteiger partial charge in [-0.1, -0.05) is 182 Å². The van der Waals surface area contributed by atoms with E-state index < -0.39 is 5.41 Å². The average Bonchev–Trinajstić information content (AvgIpc) is 4.12. The van der Waals surface area contributed by atoms with Crippen molar-refractivity contribution in [1.82, 2.24) is 4.57 Å². The third-order valence-electron chi connectivity index (χ3n) is 15.3. The summed E-state index contributed by atoms with van der Waals surface area (Å²) in [5, 5.41) is 5.89. The van der Waals surface area contributed by atoms with E-state index in [0.717, 1.165) is 68.7 Å². The van der Waals surface area contributed by atoms with Crippen LogP contribution in [-0.2, 0) is 11.8 Å². The zero-order chi connectivity index (χ0) is 44.5. The van der Waals surface area contributed by atoms with E-state index in [-0.39, 0.29) is 0 Å². The number of furan rings is 1. The number of anilines is 3. The van der Waals surface area contributed by atoms with Crippen LogP contribution in [0.2, 0.25) is 0 Å². The van der Waals surface area contributed by atoms with Crippen LogP contribution in [0.15, 0.2) is 229 Å². The summed E-state index contributed by atoms with van der Waals surface area (Å²) in [6, 6.07) is 81.0. The maximum Gasteiger partial charge on any atom is 0.143 e. The predicted octanol–water partition coefficient (Wildman–Crippen LogP) is 17.1. The van der Waals surface area contributed by atoms with Gasteiger partial charge in [-0.15, -0.1) is 0 Å². The second-order valence-electron chi connectivity index (χ2n) is 18.6. The van der Waals surface area contributed by atoms with E-state index in [0.29, 0.717) is 0 Å². The number of fused-ring (bicyclic) bond motifs is 17. The molecule has 0 amide bonds. The van der Waals surface area contributed by atoms with E-state index in [9.17, 15) is 0 Å². The second kappa shape index (κ2) is 14.2. The van der Waals surface area contributed by atoms with Crippen molar-refractivity contribution in [3.05, 3.63) is 258 Å². The Balaban J connectivity index is 1.03. The number of allylic oxidation sites excluding steroid dienone is 1. The highest BCUT2D eigenvalue weighted by Crippen LogP contribution is 2.63. The van der Waals surface area contributed by atoms with E-state index in [1.807, 2.05) is 0 Å². The SMILES string of the molecule is C1=Cc2c(n(-c3ccccc3N(c3ccc4c(c3)C3(c5ccccc5-c5ccccc53)c3ccccc3-4)c3ccccc3-c3cccc4c3oc3cc5ccccc5cc34)c3ccccc23)CC1. The first-order chi connectivity index (χ1) is 33.8. The van der Waals surface area contributed by atoms with Gasteiger partial charge in [0.05, 0.1) is 28.0 Å². The van der Waals surface area contributed by atoms with Crippen LogP contribution in [0.4, 0.5) is 17.1 Å². The van der Waals surface area contributed by atoms with Crippen LogP contribution < -0.4 is 4.90 Å². The molecule has 318 valence electrons. The summed E-state index contributed by atoms with van der Waals surface area (Å²) >= 11 is 0. The molecule has 3 aliphatic rings. The number of hydrogen-bond donors (Lipinski definition) is 0. The van der Waals surface area contributed by atoms with Gasteiger partial charge in [0.25, 0.3) is 0 Å². The fourth-order valence-electron chi connectivity index (χ4n) is 12.5. The van der Waals surface area contributed by atoms with Gasteiger partial charge in [0.1, 0.15) is 11.2 Å². The first kappa shape index (κ1) is 37.5. The van der Waals surface area contributed by atoms with E-state index >= 15 is 0 Å². The number of hydrogen-bond acceptors (Lipinski definition) is 2. The molecule has 10 aromatic carbocycles. The maximum atomic E-state index is 6.98. The van der Waals surface area contributed by atoms with Crippen molar-refractivity contribution < 1.29 is 4.42 Å². The largest absolute Gasteiger partial charge is 0.455 e. The van der Waals surface area contributed by atoms with Gasteiger partial charge in [-0.25, -0.2) is 0 Å². The van der Waals surface area contributed by atoms with Crippen molar-refractivity contribution >= 4 is 66.8 Å². The Kier molecular flexibility index (Phi) is 7.83. The summed E-state index contributed by atoms with van der Waals surface area (Å²) in [5.74, 6) is 0. The fraction of sp³-hybridized carbons (Fsp3) is 0.0462. The summed E-state index contributed by atoms with van der Waals surface area (Å²) in [7, 11) is 0. The molecular formula is C65H42N2O. The molecule has 2 heterocycles. The molecule has 0 bridgehead atoms. The fourth-order valence-corrected chi connectivity index (χ4v) is 12.5. The molecule has 15 rings (SSSR count). The van der Waals surface area contributed by atoms with Crippen molar-refractivity contribution in [3.8, 4) is 39.1 Å². The second-order valence-corrected chi connectivity index (χ2v) is 18.6. The minimum Gasteiger partial charge on any atom is -0.455 e. The lowest BCUT2D eigenvalue weighted by molar-refractivity contribution is 0.670. The topological polar surface area (TPSA) is 21.3 Å². The molecular weight excluding hydrogens is 825 g/mol. The van der Waals surface area contributed by atoms with E-state index in [1.54, 1.807) is 0 Å². The van der Waals surface area contributed by atoms with Crippen LogP contribution in [0.25, 0.3) is 88.8 Å². The van der Waals surface area contributed by atoms with Crippen molar-refractivity contribution in [2.24, 2.45) is 0 Å². The van der Waals surface area contributed by atoms with Gasteiger partial charge in [-0.3, -0.25) is 0 Å². The van der Waals surface area contributed by atoms with Crippen molar-refractivity contribution in [3.63, 3.8) is 0 Å². The Morgan fingerprint density at radius 2 is 1.03 bits per heavy atom. The van der Waals surface area contributed by atoms with Gasteiger partial charge in [-0.05, 0) is 117 Å². The van der Waals surface area contributed by atoms with E-state index in [1.165, 1.54) is 77.4 Å². The molecule has 3 nitrogen and oxygen atoms in total. The van der Waals surface area contributed by atoms with Crippen LogP contribution >= 0.6 is 0 Å². The molecule has 0 saturated heterocycles. The van der Waals surface area contributed by atoms with Crippen molar-refractivity contribution in [2.45, 2.75) is 18.3 Å². The van der Waals surface area contributed by atoms with Gasteiger partial charge in [-0.2, -0.15) is 0 Å². The lowest BCUT2D eigenvalue weighted by atomic mass is 9.70. The predicted molar refractivity (Wildman–Crippen MR) is 282 cm³/mol. The Morgan fingerprint density at radius 3 is 1.79 bits per heavy atom. The first-order valence-corrected chi connectivity index (χ1v) is 23.8. The van der Waals surface area contributed by atoms with Gasteiger partial charge in [0.15, 0.2) is 0 Å². The van der Waals surface area contributed by atoms with E-state index in [4.69, 9.17) is 4.42 Å². The molecule has 3 aliphatic carbocycles. The number of para-hydroxylation sites is 5. The molecule has 0 aliphatic heterocycles. The standard InChI is InChI=1S/C65H42N2O/c1-2-19-42-39-63-53(38-41(42)18-1)52-27-17-26-51(64(52)68-63)50-25-8-12-31-58(50)66(61-34-15-16-35-62(61)67-59-32-13-6-23-48(59)49-24-7-14-33-60(49)67)43-36-37-47-46-22-5-11-30-56(46)65(57(47)40-43)54-28-9-3-20-44(54)45-21-4-10-29-55(45)65/h1-13,15-32,34-40H,14,33H2. The Morgan fingerprint density at radius 1 is 0.441 bits per heavy atom. The van der Waals surface area contributed by atoms with E-state index in [2.05, 4.69) is 240 Å². The minimum absolute atomic E-state index is 0.495. The van der Waals surface area contributed by atoms with Crippen LogP contribution in [0.1, 0.15) is 39.9 Å². The number of benzene rings is 10. The molecule has 0 unspecified atom stereocenters. The summed E-state index contributed by atoms with van der Waals surface area (Å²) in [5.41, 5.74) is 22.2. The summed E-state index contributed by atoms with van der Waals surface area (Å²) in [6.45, 7) is 0. The molecule has 0 radical (unpaired) electrons. The highest BCUT2D eigenvalue weighted by molar-refractivity contribution is 6.14. The smallest absolute Gasteiger partial charge is 0.143 e. The molecule has 2 aromatic heterocycles. The molecule has 0 fully saturated rings. The van der Waals surface area contributed by atoms with Crippen molar-refractivity contribution in [1.29, 1.82) is 0 Å². The molecule has 0 saturated carbocycles. The quantitative estimate of drug-likeness (QED) is 0.172. The maximum absolute atomic E-state index is 6.98. The lowest BCUT2D eigenvalue weighted by Crippen LogP contribution is -2.26. The van der Waals surface area contributed by atoms with Gasteiger partial charge >= 0.3 is 0 Å². The molecule has 68 heavy (non-hydrogen) atoms. The average molecular weight is 867 g/mol. The number of nitrogens with zero attached hydrogens (tertiary/aromatic N) is 2. The van der Waals surface area contributed by atoms with Crippen LogP contribution in [-0.4, -0.2) is 4.57 Å². The highest BCUT2D eigenvalue weighted by atomic mass is 16.3. The Hall–Kier alpha value is -8.66. The van der Waals surface area contributed by atoms with Crippen molar-refractivity contribution in [2.75, 3.05) is 4.90 Å². The Bertz CT molecular complexity index is 4060. The molecule has 0 atom stereocenters. The molecule has 1 spiro atoms. The highest BCUT2D eigenvalue weighted by Gasteiger charge is 2.51. The zero-order valence-electron chi connectivity index (χ0n) is 37.2. The van der Waals surface area contributed by atoms with Gasteiger partial charge in [0.2, 0.25) is 0 Å². The first-order valence-electron chi connectivity index (χ1n) is 23.8. The minimum atomic E-state index is -0.495. The summed E-state index contributed by atoms with van der Waals surface area (Å²) < 4.78 is 9.52. The molecule has 3 heteroatoms. The number of aromatic nitrogens is 1. The monoisotopic (exact) mass is 866 g/mol. The van der Waals surface area contributed by atoms with Gasteiger partial charge < -0.3 is 13.9 Å².